The molecule has 126 valence electrons. The fourth-order valence-corrected chi connectivity index (χ4v) is 2.97. The normalized spacial score (nSPS) is 26.4. The van der Waals surface area contributed by atoms with E-state index in [1.165, 1.54) is 5.57 Å². The number of ketones is 1. The predicted molar refractivity (Wildman–Crippen MR) is 88.7 cm³/mol. The Labute approximate surface area is 138 Å². The number of hydrogen-bond acceptors (Lipinski definition) is 4. The fraction of sp³-hybridized carbons (Fsp3) is 0.579. The Hall–Kier alpha value is -1.84. The number of allylic oxidation sites excluding steroid dienone is 5. The lowest BCUT2D eigenvalue weighted by Gasteiger charge is -2.35. The Morgan fingerprint density at radius 2 is 2.22 bits per heavy atom. The molecule has 0 aromatic carbocycles. The molecule has 0 aromatic rings. The van der Waals surface area contributed by atoms with Crippen LogP contribution in [-0.4, -0.2) is 24.0 Å². The summed E-state index contributed by atoms with van der Waals surface area (Å²) >= 11 is 0. The van der Waals surface area contributed by atoms with Gasteiger partial charge in [0.05, 0.1) is 12.2 Å². The maximum absolute atomic E-state index is 12.5. The number of ether oxygens (including phenoxy) is 2. The van der Waals surface area contributed by atoms with Crippen molar-refractivity contribution in [3.63, 3.8) is 0 Å². The molecule has 1 aliphatic carbocycles. The van der Waals surface area contributed by atoms with Gasteiger partial charge in [-0.1, -0.05) is 11.6 Å². The van der Waals surface area contributed by atoms with Crippen molar-refractivity contribution < 1.29 is 19.1 Å². The van der Waals surface area contributed by atoms with Crippen molar-refractivity contribution in [1.82, 2.24) is 0 Å². The van der Waals surface area contributed by atoms with Gasteiger partial charge >= 0.3 is 5.97 Å². The highest BCUT2D eigenvalue weighted by molar-refractivity contribution is 6.10. The largest absolute Gasteiger partial charge is 0.487 e. The van der Waals surface area contributed by atoms with Crippen LogP contribution in [0.3, 0.4) is 0 Å². The van der Waals surface area contributed by atoms with E-state index in [0.29, 0.717) is 25.0 Å². The highest BCUT2D eigenvalue weighted by atomic mass is 16.5. The Bertz CT molecular complexity index is 578. The van der Waals surface area contributed by atoms with Gasteiger partial charge in [-0.25, -0.2) is 0 Å². The molecule has 2 atom stereocenters. The van der Waals surface area contributed by atoms with Crippen molar-refractivity contribution in [2.24, 2.45) is 5.92 Å². The highest BCUT2D eigenvalue weighted by Gasteiger charge is 2.39. The third kappa shape index (κ3) is 4.12. The van der Waals surface area contributed by atoms with E-state index in [1.54, 1.807) is 6.92 Å². The molecular weight excluding hydrogens is 292 g/mol. The number of carbonyl (C=O) groups is 2. The van der Waals surface area contributed by atoms with Gasteiger partial charge in [-0.2, -0.15) is 0 Å². The van der Waals surface area contributed by atoms with Crippen LogP contribution in [0.25, 0.3) is 0 Å². The van der Waals surface area contributed by atoms with Crippen LogP contribution < -0.4 is 0 Å². The summed E-state index contributed by atoms with van der Waals surface area (Å²) in [5, 5.41) is 0. The Balaban J connectivity index is 2.08. The topological polar surface area (TPSA) is 52.6 Å². The Kier molecular flexibility index (Phi) is 5.45. The number of rotatable bonds is 5. The lowest BCUT2D eigenvalue weighted by atomic mass is 9.83. The summed E-state index contributed by atoms with van der Waals surface area (Å²) in [6.45, 7) is 8.24. The van der Waals surface area contributed by atoms with Crippen molar-refractivity contribution >= 4 is 11.8 Å². The molecule has 0 radical (unpaired) electrons. The molecule has 0 aromatic heterocycles. The van der Waals surface area contributed by atoms with Crippen LogP contribution >= 0.6 is 0 Å². The number of carbonyl (C=O) groups excluding carboxylic acids is 2. The molecule has 23 heavy (non-hydrogen) atoms. The Morgan fingerprint density at radius 1 is 1.48 bits per heavy atom. The zero-order valence-electron chi connectivity index (χ0n) is 14.5. The second-order valence-electron chi connectivity index (χ2n) is 6.61. The molecule has 4 nitrogen and oxygen atoms in total. The van der Waals surface area contributed by atoms with Crippen LogP contribution in [0.1, 0.15) is 53.4 Å². The molecule has 1 aliphatic heterocycles. The number of esters is 1. The highest BCUT2D eigenvalue weighted by Crippen LogP contribution is 2.37. The van der Waals surface area contributed by atoms with E-state index < -0.39 is 11.9 Å². The van der Waals surface area contributed by atoms with Gasteiger partial charge in [0.25, 0.3) is 0 Å². The third-order valence-corrected chi connectivity index (χ3v) is 4.27. The van der Waals surface area contributed by atoms with Crippen molar-refractivity contribution in [2.45, 2.75) is 59.0 Å². The average molecular weight is 318 g/mol. The van der Waals surface area contributed by atoms with E-state index in [4.69, 9.17) is 9.47 Å². The van der Waals surface area contributed by atoms with Gasteiger partial charge in [0.1, 0.15) is 17.3 Å². The van der Waals surface area contributed by atoms with Crippen molar-refractivity contribution in [3.05, 3.63) is 35.1 Å². The van der Waals surface area contributed by atoms with Gasteiger partial charge in [0.2, 0.25) is 0 Å². The van der Waals surface area contributed by atoms with Gasteiger partial charge in [-0.15, -0.1) is 0 Å². The molecule has 0 saturated carbocycles. The van der Waals surface area contributed by atoms with Crippen LogP contribution in [-0.2, 0) is 19.1 Å². The predicted octanol–water partition coefficient (Wildman–Crippen LogP) is 3.87. The summed E-state index contributed by atoms with van der Waals surface area (Å²) in [5.41, 5.74) is 1.44. The van der Waals surface area contributed by atoms with Crippen molar-refractivity contribution in [1.29, 1.82) is 0 Å². The first-order valence-electron chi connectivity index (χ1n) is 8.32. The molecule has 2 aliphatic rings. The first-order chi connectivity index (χ1) is 10.9. The number of Topliss-reactive ketones (excluding diaryl/α,β-unsaturated/α-hetero) is 1. The van der Waals surface area contributed by atoms with Crippen molar-refractivity contribution in [2.75, 3.05) is 6.61 Å². The minimum atomic E-state index is -0.683. The molecule has 0 saturated heterocycles. The lowest BCUT2D eigenvalue weighted by Crippen LogP contribution is -2.36. The van der Waals surface area contributed by atoms with Gasteiger partial charge < -0.3 is 9.47 Å². The zero-order valence-corrected chi connectivity index (χ0v) is 14.5. The minimum Gasteiger partial charge on any atom is -0.487 e. The van der Waals surface area contributed by atoms with Crippen LogP contribution in [0.4, 0.5) is 0 Å². The zero-order chi connectivity index (χ0) is 17.0. The quantitative estimate of drug-likeness (QED) is 0.438. The van der Waals surface area contributed by atoms with E-state index in [2.05, 4.69) is 19.9 Å². The van der Waals surface area contributed by atoms with E-state index in [-0.39, 0.29) is 11.4 Å². The smallest absolute Gasteiger partial charge is 0.316 e. The molecule has 0 bridgehead atoms. The van der Waals surface area contributed by atoms with Crippen molar-refractivity contribution in [3.8, 4) is 0 Å². The summed E-state index contributed by atoms with van der Waals surface area (Å²) in [5.74, 6) is -0.559. The van der Waals surface area contributed by atoms with E-state index in [1.807, 2.05) is 19.1 Å². The van der Waals surface area contributed by atoms with Crippen LogP contribution in [0.5, 0.6) is 0 Å². The number of hydrogen-bond donors (Lipinski definition) is 0. The molecule has 0 amide bonds. The monoisotopic (exact) mass is 318 g/mol. The molecule has 0 fully saturated rings. The van der Waals surface area contributed by atoms with E-state index in [9.17, 15) is 9.59 Å². The van der Waals surface area contributed by atoms with Gasteiger partial charge in [0, 0.05) is 6.42 Å². The molecule has 1 heterocycles. The molecular formula is C19H26O4. The standard InChI is InChI=1S/C19H26O4/c1-5-22-18(21)15-8-9-16-14(17(15)20)10-12-19(4,23-16)11-6-7-13(2)3/h7,10,12,15H,5-6,8-9,11H2,1-4H3. The van der Waals surface area contributed by atoms with E-state index in [0.717, 1.165) is 18.6 Å². The van der Waals surface area contributed by atoms with Gasteiger partial charge in [0.15, 0.2) is 5.78 Å². The second-order valence-corrected chi connectivity index (χ2v) is 6.61. The van der Waals surface area contributed by atoms with Crippen LogP contribution in [0.15, 0.2) is 35.1 Å². The summed E-state index contributed by atoms with van der Waals surface area (Å²) in [6.07, 6.45) is 8.83. The molecule has 2 unspecified atom stereocenters. The van der Waals surface area contributed by atoms with Gasteiger partial charge in [-0.05, 0) is 59.1 Å². The van der Waals surface area contributed by atoms with Crippen LogP contribution in [0.2, 0.25) is 0 Å². The average Bonchev–Trinajstić information content (AvgIpc) is 2.47. The van der Waals surface area contributed by atoms with Gasteiger partial charge in [-0.3, -0.25) is 9.59 Å². The summed E-state index contributed by atoms with van der Waals surface area (Å²) in [7, 11) is 0. The molecule has 2 rings (SSSR count). The Morgan fingerprint density at radius 3 is 2.87 bits per heavy atom. The maximum atomic E-state index is 12.5. The maximum Gasteiger partial charge on any atom is 0.316 e. The fourth-order valence-electron chi connectivity index (χ4n) is 2.97. The summed E-state index contributed by atoms with van der Waals surface area (Å²) in [4.78, 5) is 24.4. The first-order valence-corrected chi connectivity index (χ1v) is 8.32. The van der Waals surface area contributed by atoms with E-state index >= 15 is 0 Å². The second kappa shape index (κ2) is 7.16. The first kappa shape index (κ1) is 17.5. The van der Waals surface area contributed by atoms with Crippen LogP contribution in [0, 0.1) is 5.92 Å². The molecule has 0 N–H and O–H groups in total. The summed E-state index contributed by atoms with van der Waals surface area (Å²) in [6, 6.07) is 0. The SMILES string of the molecule is CCOC(=O)C1CCC2=C(C=CC(C)(CCC=C(C)C)O2)C1=O. The molecule has 4 heteroatoms. The minimum absolute atomic E-state index is 0.174. The lowest BCUT2D eigenvalue weighted by molar-refractivity contribution is -0.151. The molecule has 0 spiro atoms. The third-order valence-electron chi connectivity index (χ3n) is 4.27. The summed E-state index contributed by atoms with van der Waals surface area (Å²) < 4.78 is 11.1.